The Kier molecular flexibility index (Phi) is 5.08. The van der Waals surface area contributed by atoms with Crippen molar-refractivity contribution in [2.45, 2.75) is 43.3 Å². The Labute approximate surface area is 158 Å². The Bertz CT molecular complexity index is 924. The lowest BCUT2D eigenvalue weighted by molar-refractivity contribution is 0.403. The third-order valence-corrected chi connectivity index (χ3v) is 7.32. The topological polar surface area (TPSA) is 77.8 Å². The van der Waals surface area contributed by atoms with Crippen molar-refractivity contribution in [3.05, 3.63) is 40.9 Å². The van der Waals surface area contributed by atoms with Crippen molar-refractivity contribution in [3.63, 3.8) is 0 Å². The van der Waals surface area contributed by atoms with Crippen molar-refractivity contribution in [2.24, 2.45) is 0 Å². The van der Waals surface area contributed by atoms with E-state index in [1.54, 1.807) is 38.1 Å². The smallest absolute Gasteiger partial charge is 0.180 e. The lowest BCUT2D eigenvalue weighted by Gasteiger charge is -2.26. The molecule has 1 aliphatic rings. The summed E-state index contributed by atoms with van der Waals surface area (Å²) >= 11 is 6.25. The molecule has 26 heavy (non-hydrogen) atoms. The van der Waals surface area contributed by atoms with Gasteiger partial charge in [-0.2, -0.15) is 0 Å². The summed E-state index contributed by atoms with van der Waals surface area (Å²) in [4.78, 5) is 2.29. The van der Waals surface area contributed by atoms with Gasteiger partial charge >= 0.3 is 0 Å². The van der Waals surface area contributed by atoms with Crippen LogP contribution in [0.2, 0.25) is 5.02 Å². The van der Waals surface area contributed by atoms with Crippen LogP contribution in [0.25, 0.3) is 0 Å². The molecule has 0 spiro atoms. The standard InChI is InChI=1S/C19H22ClNO4S/c1-12(2)26(24,25)14-8-6-13(7-9-14)21-10-4-3-5-15-16(21)11-17(22)19(23)18(15)20/h6-9,11-12,22-23H,3-5,10H2,1-2H3. The summed E-state index contributed by atoms with van der Waals surface area (Å²) in [5, 5.41) is 19.6. The monoisotopic (exact) mass is 395 g/mol. The van der Waals surface area contributed by atoms with E-state index in [0.717, 1.165) is 29.8 Å². The van der Waals surface area contributed by atoms with Crippen molar-refractivity contribution in [3.8, 4) is 11.5 Å². The Balaban J connectivity index is 2.06. The van der Waals surface area contributed by atoms with Crippen LogP contribution in [-0.2, 0) is 16.3 Å². The Morgan fingerprint density at radius 1 is 1.12 bits per heavy atom. The van der Waals surface area contributed by atoms with Crippen LogP contribution in [0.15, 0.2) is 35.2 Å². The molecule has 0 saturated heterocycles. The van der Waals surface area contributed by atoms with Gasteiger partial charge in [-0.3, -0.25) is 0 Å². The van der Waals surface area contributed by atoms with Crippen LogP contribution in [0.5, 0.6) is 11.5 Å². The molecule has 0 aromatic heterocycles. The maximum absolute atomic E-state index is 12.3. The van der Waals surface area contributed by atoms with E-state index >= 15 is 0 Å². The third kappa shape index (κ3) is 3.23. The number of anilines is 2. The summed E-state index contributed by atoms with van der Waals surface area (Å²) in [6.07, 6.45) is 2.53. The molecule has 2 aromatic carbocycles. The predicted molar refractivity (Wildman–Crippen MR) is 103 cm³/mol. The Morgan fingerprint density at radius 3 is 2.38 bits per heavy atom. The highest BCUT2D eigenvalue weighted by molar-refractivity contribution is 7.92. The van der Waals surface area contributed by atoms with E-state index < -0.39 is 15.1 Å². The lowest BCUT2D eigenvalue weighted by atomic mass is 10.1. The molecular weight excluding hydrogens is 374 g/mol. The van der Waals surface area contributed by atoms with E-state index in [-0.39, 0.29) is 21.4 Å². The highest BCUT2D eigenvalue weighted by Crippen LogP contribution is 2.45. The fourth-order valence-corrected chi connectivity index (χ4v) is 4.53. The molecule has 2 aromatic rings. The maximum atomic E-state index is 12.3. The molecule has 7 heteroatoms. The minimum atomic E-state index is -3.32. The van der Waals surface area contributed by atoms with E-state index in [9.17, 15) is 18.6 Å². The molecule has 2 N–H and O–H groups in total. The number of hydrogen-bond donors (Lipinski definition) is 2. The van der Waals surface area contributed by atoms with Gasteiger partial charge in [-0.05, 0) is 62.9 Å². The van der Waals surface area contributed by atoms with Gasteiger partial charge in [-0.15, -0.1) is 0 Å². The van der Waals surface area contributed by atoms with Crippen molar-refractivity contribution in [2.75, 3.05) is 11.4 Å². The summed E-state index contributed by atoms with van der Waals surface area (Å²) in [5.74, 6) is -0.565. The zero-order valence-electron chi connectivity index (χ0n) is 14.7. The van der Waals surface area contributed by atoms with Gasteiger partial charge < -0.3 is 15.1 Å². The van der Waals surface area contributed by atoms with Crippen LogP contribution in [0.4, 0.5) is 11.4 Å². The second kappa shape index (κ2) is 7.00. The molecule has 1 heterocycles. The van der Waals surface area contributed by atoms with E-state index in [1.807, 2.05) is 4.90 Å². The van der Waals surface area contributed by atoms with Crippen LogP contribution >= 0.6 is 11.6 Å². The lowest BCUT2D eigenvalue weighted by Crippen LogP contribution is -2.18. The van der Waals surface area contributed by atoms with Gasteiger partial charge in [0.1, 0.15) is 0 Å². The first-order valence-electron chi connectivity index (χ1n) is 8.58. The highest BCUT2D eigenvalue weighted by Gasteiger charge is 2.24. The number of fused-ring (bicyclic) bond motifs is 1. The molecule has 0 fully saturated rings. The van der Waals surface area contributed by atoms with Crippen LogP contribution < -0.4 is 4.90 Å². The van der Waals surface area contributed by atoms with Crippen molar-refractivity contribution >= 4 is 32.8 Å². The molecular formula is C19H22ClNO4S. The zero-order valence-corrected chi connectivity index (χ0v) is 16.3. The quantitative estimate of drug-likeness (QED) is 0.753. The van der Waals surface area contributed by atoms with Crippen LogP contribution in [0.3, 0.4) is 0 Å². The average Bonchev–Trinajstić information content (AvgIpc) is 2.82. The second-order valence-corrected chi connectivity index (χ2v) is 9.63. The molecule has 0 radical (unpaired) electrons. The molecule has 0 atom stereocenters. The summed E-state index contributed by atoms with van der Waals surface area (Å²) in [5.41, 5.74) is 2.35. The van der Waals surface area contributed by atoms with E-state index in [4.69, 9.17) is 11.6 Å². The number of nitrogens with zero attached hydrogens (tertiary/aromatic N) is 1. The first kappa shape index (κ1) is 18.9. The molecule has 0 bridgehead atoms. The predicted octanol–water partition coefficient (Wildman–Crippen LogP) is 4.41. The maximum Gasteiger partial charge on any atom is 0.180 e. The molecule has 5 nitrogen and oxygen atoms in total. The van der Waals surface area contributed by atoms with Gasteiger partial charge in [-0.25, -0.2) is 8.42 Å². The first-order valence-corrected chi connectivity index (χ1v) is 10.5. The molecule has 1 aliphatic heterocycles. The first-order chi connectivity index (χ1) is 12.2. The van der Waals surface area contributed by atoms with Gasteiger partial charge in [0.15, 0.2) is 21.3 Å². The summed E-state index contributed by atoms with van der Waals surface area (Å²) in [7, 11) is -3.32. The number of hydrogen-bond acceptors (Lipinski definition) is 5. The number of phenolic OH excluding ortho intramolecular Hbond substituents is 2. The minimum absolute atomic E-state index is 0.172. The number of phenols is 2. The minimum Gasteiger partial charge on any atom is -0.504 e. The van der Waals surface area contributed by atoms with Crippen molar-refractivity contribution in [1.82, 2.24) is 0 Å². The number of sulfone groups is 1. The average molecular weight is 396 g/mol. The fourth-order valence-electron chi connectivity index (χ4n) is 3.18. The second-order valence-electron chi connectivity index (χ2n) is 6.75. The Hall–Kier alpha value is -1.92. The van der Waals surface area contributed by atoms with Crippen molar-refractivity contribution in [1.29, 1.82) is 0 Å². The molecule has 3 rings (SSSR count). The third-order valence-electron chi connectivity index (χ3n) is 4.74. The van der Waals surface area contributed by atoms with Gasteiger partial charge in [0.05, 0.1) is 15.2 Å². The van der Waals surface area contributed by atoms with Gasteiger partial charge in [0, 0.05) is 24.0 Å². The number of rotatable bonds is 3. The number of halogens is 1. The highest BCUT2D eigenvalue weighted by atomic mass is 35.5. The number of benzene rings is 2. The summed E-state index contributed by atoms with van der Waals surface area (Å²) < 4.78 is 24.6. The van der Waals surface area contributed by atoms with Crippen LogP contribution in [-0.4, -0.2) is 30.4 Å². The molecule has 140 valence electrons. The van der Waals surface area contributed by atoms with Crippen molar-refractivity contribution < 1.29 is 18.6 Å². The van der Waals surface area contributed by atoms with E-state index in [1.165, 1.54) is 6.07 Å². The molecule has 0 saturated carbocycles. The fraction of sp³-hybridized carbons (Fsp3) is 0.368. The molecule has 0 amide bonds. The summed E-state index contributed by atoms with van der Waals surface area (Å²) in [6.45, 7) is 4.03. The van der Waals surface area contributed by atoms with Crippen LogP contribution in [0.1, 0.15) is 32.3 Å². The summed E-state index contributed by atoms with van der Waals surface area (Å²) in [6, 6.07) is 8.26. The van der Waals surface area contributed by atoms with Gasteiger partial charge in [0.25, 0.3) is 0 Å². The zero-order chi connectivity index (χ0) is 19.1. The Morgan fingerprint density at radius 2 is 1.77 bits per heavy atom. The van der Waals surface area contributed by atoms with Gasteiger partial charge in [-0.1, -0.05) is 11.6 Å². The molecule has 0 aliphatic carbocycles. The SMILES string of the molecule is CC(C)S(=O)(=O)c1ccc(N2CCCCc3c2cc(O)c(O)c3Cl)cc1. The van der Waals surface area contributed by atoms with Crippen LogP contribution in [0, 0.1) is 0 Å². The van der Waals surface area contributed by atoms with E-state index in [0.29, 0.717) is 13.0 Å². The number of aromatic hydroxyl groups is 2. The normalized spacial score (nSPS) is 15.0. The molecule has 0 unspecified atom stereocenters. The van der Waals surface area contributed by atoms with Gasteiger partial charge in [0.2, 0.25) is 0 Å². The van der Waals surface area contributed by atoms with E-state index in [2.05, 4.69) is 0 Å². The largest absolute Gasteiger partial charge is 0.504 e.